The molecule has 0 bridgehead atoms. The molecule has 2 aliphatic heterocycles. The summed E-state index contributed by atoms with van der Waals surface area (Å²) in [5.41, 5.74) is 2.01. The number of ether oxygens (including phenoxy) is 1. The Bertz CT molecular complexity index is 477. The molecule has 0 amide bonds. The van der Waals surface area contributed by atoms with Gasteiger partial charge in [-0.05, 0) is 37.2 Å². The standard InChI is InChI=1S/C16H24FN3O/c1-18-11-13-8-14(17)10-16(9-13)20-3-2-15(12-20)19-4-6-21-7-5-19/h8-10,15,18H,2-7,11-12H2,1H3. The van der Waals surface area contributed by atoms with Gasteiger partial charge in [0.1, 0.15) is 5.82 Å². The first-order chi connectivity index (χ1) is 10.3. The molecule has 1 atom stereocenters. The fraction of sp³-hybridized carbons (Fsp3) is 0.625. The average Bonchev–Trinajstić information content (AvgIpc) is 2.98. The van der Waals surface area contributed by atoms with Crippen LogP contribution in [0.4, 0.5) is 10.1 Å². The first-order valence-corrected chi connectivity index (χ1v) is 7.77. The lowest BCUT2D eigenvalue weighted by molar-refractivity contribution is 0.0209. The number of rotatable bonds is 4. The fourth-order valence-electron chi connectivity index (χ4n) is 3.34. The van der Waals surface area contributed by atoms with Crippen LogP contribution in [0.3, 0.4) is 0 Å². The highest BCUT2D eigenvalue weighted by Gasteiger charge is 2.29. The van der Waals surface area contributed by atoms with Gasteiger partial charge in [-0.25, -0.2) is 4.39 Å². The molecule has 2 fully saturated rings. The summed E-state index contributed by atoms with van der Waals surface area (Å²) in [5, 5.41) is 3.08. The van der Waals surface area contributed by atoms with Crippen LogP contribution >= 0.6 is 0 Å². The lowest BCUT2D eigenvalue weighted by Crippen LogP contribution is -2.44. The summed E-state index contributed by atoms with van der Waals surface area (Å²) in [5.74, 6) is -0.146. The third-order valence-electron chi connectivity index (χ3n) is 4.41. The van der Waals surface area contributed by atoms with Gasteiger partial charge in [-0.15, -0.1) is 0 Å². The van der Waals surface area contributed by atoms with Gasteiger partial charge in [-0.2, -0.15) is 0 Å². The Hall–Kier alpha value is -1.17. The number of benzene rings is 1. The molecule has 116 valence electrons. The first kappa shape index (κ1) is 14.8. The predicted molar refractivity (Wildman–Crippen MR) is 82.2 cm³/mol. The largest absolute Gasteiger partial charge is 0.379 e. The minimum atomic E-state index is -0.146. The molecule has 3 rings (SSSR count). The topological polar surface area (TPSA) is 27.7 Å². The van der Waals surface area contributed by atoms with Crippen LogP contribution in [0, 0.1) is 5.82 Å². The highest BCUT2D eigenvalue weighted by Crippen LogP contribution is 2.25. The Morgan fingerprint density at radius 3 is 2.81 bits per heavy atom. The molecule has 2 aliphatic rings. The molecular weight excluding hydrogens is 269 g/mol. The molecule has 0 radical (unpaired) electrons. The molecule has 1 unspecified atom stereocenters. The first-order valence-electron chi connectivity index (χ1n) is 7.77. The van der Waals surface area contributed by atoms with Gasteiger partial charge in [0, 0.05) is 44.5 Å². The minimum absolute atomic E-state index is 0.146. The van der Waals surface area contributed by atoms with Crippen molar-refractivity contribution in [1.82, 2.24) is 10.2 Å². The van der Waals surface area contributed by atoms with Crippen molar-refractivity contribution in [2.45, 2.75) is 19.0 Å². The summed E-state index contributed by atoms with van der Waals surface area (Å²) in [7, 11) is 1.88. The molecule has 1 aromatic carbocycles. The van der Waals surface area contributed by atoms with Gasteiger partial charge in [-0.3, -0.25) is 4.90 Å². The van der Waals surface area contributed by atoms with E-state index in [1.807, 2.05) is 7.05 Å². The summed E-state index contributed by atoms with van der Waals surface area (Å²) < 4.78 is 19.2. The predicted octanol–water partition coefficient (Wildman–Crippen LogP) is 1.46. The number of hydrogen-bond donors (Lipinski definition) is 1. The maximum atomic E-state index is 13.8. The van der Waals surface area contributed by atoms with Crippen LogP contribution in [0.25, 0.3) is 0 Å². The van der Waals surface area contributed by atoms with Crippen LogP contribution in [0.2, 0.25) is 0 Å². The van der Waals surface area contributed by atoms with E-state index in [9.17, 15) is 4.39 Å². The molecule has 4 nitrogen and oxygen atoms in total. The van der Waals surface area contributed by atoms with E-state index >= 15 is 0 Å². The van der Waals surface area contributed by atoms with E-state index in [1.165, 1.54) is 0 Å². The number of nitrogens with zero attached hydrogens (tertiary/aromatic N) is 2. The molecule has 5 heteroatoms. The molecule has 0 saturated carbocycles. The van der Waals surface area contributed by atoms with Gasteiger partial charge in [0.05, 0.1) is 13.2 Å². The summed E-state index contributed by atoms with van der Waals surface area (Å²) >= 11 is 0. The van der Waals surface area contributed by atoms with E-state index in [0.717, 1.165) is 57.1 Å². The summed E-state index contributed by atoms with van der Waals surface area (Å²) in [6.07, 6.45) is 1.15. The lowest BCUT2D eigenvalue weighted by atomic mass is 10.1. The monoisotopic (exact) mass is 293 g/mol. The third-order valence-corrected chi connectivity index (χ3v) is 4.41. The Balaban J connectivity index is 1.67. The van der Waals surface area contributed by atoms with E-state index in [0.29, 0.717) is 12.6 Å². The average molecular weight is 293 g/mol. The zero-order chi connectivity index (χ0) is 14.7. The molecule has 2 heterocycles. The van der Waals surface area contributed by atoms with E-state index < -0.39 is 0 Å². The second kappa shape index (κ2) is 6.73. The zero-order valence-electron chi connectivity index (χ0n) is 12.6. The van der Waals surface area contributed by atoms with Gasteiger partial charge in [-0.1, -0.05) is 0 Å². The van der Waals surface area contributed by atoms with Crippen LogP contribution in [-0.4, -0.2) is 57.4 Å². The van der Waals surface area contributed by atoms with Crippen molar-refractivity contribution >= 4 is 5.69 Å². The molecule has 2 saturated heterocycles. The van der Waals surface area contributed by atoms with Gasteiger partial charge >= 0.3 is 0 Å². The molecule has 1 N–H and O–H groups in total. The Kier molecular flexibility index (Phi) is 4.73. The quantitative estimate of drug-likeness (QED) is 0.909. The Labute approximate surface area is 125 Å². The minimum Gasteiger partial charge on any atom is -0.379 e. The van der Waals surface area contributed by atoms with E-state index in [-0.39, 0.29) is 5.82 Å². The van der Waals surface area contributed by atoms with Crippen LogP contribution in [-0.2, 0) is 11.3 Å². The summed E-state index contributed by atoms with van der Waals surface area (Å²) in [6.45, 7) is 6.41. The summed E-state index contributed by atoms with van der Waals surface area (Å²) in [6, 6.07) is 5.93. The van der Waals surface area contributed by atoms with Crippen LogP contribution in [0.5, 0.6) is 0 Å². The van der Waals surface area contributed by atoms with Crippen molar-refractivity contribution in [3.63, 3.8) is 0 Å². The van der Waals surface area contributed by atoms with Gasteiger partial charge in [0.25, 0.3) is 0 Å². The highest BCUT2D eigenvalue weighted by atomic mass is 19.1. The highest BCUT2D eigenvalue weighted by molar-refractivity contribution is 5.50. The number of halogens is 1. The third kappa shape index (κ3) is 3.54. The van der Waals surface area contributed by atoms with E-state index in [1.54, 1.807) is 12.1 Å². The molecule has 21 heavy (non-hydrogen) atoms. The molecular formula is C16H24FN3O. The molecule has 0 aromatic heterocycles. The number of hydrogen-bond acceptors (Lipinski definition) is 4. The van der Waals surface area contributed by atoms with Gasteiger partial charge in [0.15, 0.2) is 0 Å². The van der Waals surface area contributed by atoms with Crippen LogP contribution in [0.1, 0.15) is 12.0 Å². The second-order valence-electron chi connectivity index (χ2n) is 5.88. The van der Waals surface area contributed by atoms with Crippen molar-refractivity contribution in [2.75, 3.05) is 51.3 Å². The Morgan fingerprint density at radius 2 is 2.05 bits per heavy atom. The van der Waals surface area contributed by atoms with E-state index in [2.05, 4.69) is 21.2 Å². The second-order valence-corrected chi connectivity index (χ2v) is 5.88. The maximum Gasteiger partial charge on any atom is 0.125 e. The van der Waals surface area contributed by atoms with Crippen LogP contribution in [0.15, 0.2) is 18.2 Å². The van der Waals surface area contributed by atoms with Gasteiger partial charge in [0.2, 0.25) is 0 Å². The van der Waals surface area contributed by atoms with Crippen LogP contribution < -0.4 is 10.2 Å². The fourth-order valence-corrected chi connectivity index (χ4v) is 3.34. The van der Waals surface area contributed by atoms with Crippen molar-refractivity contribution in [1.29, 1.82) is 0 Å². The van der Waals surface area contributed by atoms with Gasteiger partial charge < -0.3 is 15.0 Å². The summed E-state index contributed by atoms with van der Waals surface area (Å²) in [4.78, 5) is 4.82. The van der Waals surface area contributed by atoms with Crippen molar-refractivity contribution in [3.05, 3.63) is 29.6 Å². The smallest absolute Gasteiger partial charge is 0.125 e. The molecule has 0 spiro atoms. The maximum absolute atomic E-state index is 13.8. The zero-order valence-corrected chi connectivity index (χ0v) is 12.6. The molecule has 1 aromatic rings. The van der Waals surface area contributed by atoms with Crippen molar-refractivity contribution in [2.24, 2.45) is 0 Å². The number of nitrogens with one attached hydrogen (secondary N) is 1. The number of morpholine rings is 1. The normalized spacial score (nSPS) is 23.7. The number of anilines is 1. The Morgan fingerprint density at radius 1 is 1.24 bits per heavy atom. The molecule has 0 aliphatic carbocycles. The van der Waals surface area contributed by atoms with E-state index in [4.69, 9.17) is 4.74 Å². The SMILES string of the molecule is CNCc1cc(F)cc(N2CCC(N3CCOCC3)C2)c1. The lowest BCUT2D eigenvalue weighted by Gasteiger charge is -2.32. The van der Waals surface area contributed by atoms with Crippen molar-refractivity contribution in [3.8, 4) is 0 Å². The van der Waals surface area contributed by atoms with Crippen molar-refractivity contribution < 1.29 is 9.13 Å².